The predicted octanol–water partition coefficient (Wildman–Crippen LogP) is 1.35. The molecule has 1 atom stereocenters. The number of anilines is 1. The zero-order chi connectivity index (χ0) is 16.3. The first kappa shape index (κ1) is 17.1. The lowest BCUT2D eigenvalue weighted by molar-refractivity contribution is -0.136. The highest BCUT2D eigenvalue weighted by atomic mass is 35.5. The van der Waals surface area contributed by atoms with Crippen molar-refractivity contribution in [2.75, 3.05) is 36.9 Å². The van der Waals surface area contributed by atoms with Gasteiger partial charge in [-0.05, 0) is 31.2 Å². The largest absolute Gasteiger partial charge is 0.378 e. The van der Waals surface area contributed by atoms with E-state index < -0.39 is 16.1 Å². The highest BCUT2D eigenvalue weighted by Crippen LogP contribution is 2.23. The summed E-state index contributed by atoms with van der Waals surface area (Å²) in [6.45, 7) is 3.48. The fourth-order valence-corrected chi connectivity index (χ4v) is 3.73. The van der Waals surface area contributed by atoms with Gasteiger partial charge in [-0.2, -0.15) is 0 Å². The highest BCUT2D eigenvalue weighted by molar-refractivity contribution is 7.92. The third-order valence-corrected chi connectivity index (χ3v) is 4.96. The normalized spacial score (nSPS) is 17.1. The lowest BCUT2D eigenvalue weighted by Gasteiger charge is -2.34. The summed E-state index contributed by atoms with van der Waals surface area (Å²) in [6.07, 6.45) is 1.09. The Morgan fingerprint density at radius 2 is 1.82 bits per heavy atom. The molecule has 1 aromatic carbocycles. The van der Waals surface area contributed by atoms with Crippen LogP contribution in [0.25, 0.3) is 0 Å². The third kappa shape index (κ3) is 3.91. The van der Waals surface area contributed by atoms with Gasteiger partial charge in [0.15, 0.2) is 0 Å². The van der Waals surface area contributed by atoms with E-state index in [1.165, 1.54) is 0 Å². The van der Waals surface area contributed by atoms with Gasteiger partial charge >= 0.3 is 0 Å². The lowest BCUT2D eigenvalue weighted by atomic mass is 10.2. The molecule has 0 unspecified atom stereocenters. The SMILES string of the molecule is C[C@H](C(=O)N1CCOCC1)N(c1ccc(Cl)cc1)S(C)(=O)=O. The maximum atomic E-state index is 12.6. The van der Waals surface area contributed by atoms with E-state index in [-0.39, 0.29) is 5.91 Å². The number of halogens is 1. The van der Waals surface area contributed by atoms with E-state index in [1.807, 2.05) is 0 Å². The smallest absolute Gasteiger partial charge is 0.246 e. The number of amides is 1. The number of carbonyl (C=O) groups excluding carboxylic acids is 1. The van der Waals surface area contributed by atoms with Crippen molar-refractivity contribution in [3.63, 3.8) is 0 Å². The second-order valence-corrected chi connectivity index (χ2v) is 7.44. The first-order valence-corrected chi connectivity index (χ1v) is 9.15. The van der Waals surface area contributed by atoms with Gasteiger partial charge in [0.2, 0.25) is 15.9 Å². The van der Waals surface area contributed by atoms with Gasteiger partial charge in [-0.1, -0.05) is 11.6 Å². The van der Waals surface area contributed by atoms with Gasteiger partial charge in [0, 0.05) is 18.1 Å². The summed E-state index contributed by atoms with van der Waals surface area (Å²) in [5, 5.41) is 0.504. The second-order valence-electron chi connectivity index (χ2n) is 5.15. The van der Waals surface area contributed by atoms with E-state index in [1.54, 1.807) is 36.1 Å². The number of sulfonamides is 1. The first-order chi connectivity index (χ1) is 10.3. The molecule has 1 aliphatic rings. The van der Waals surface area contributed by atoms with E-state index in [9.17, 15) is 13.2 Å². The van der Waals surface area contributed by atoms with Crippen LogP contribution in [0.3, 0.4) is 0 Å². The third-order valence-electron chi connectivity index (χ3n) is 3.47. The molecule has 6 nitrogen and oxygen atoms in total. The van der Waals surface area contributed by atoms with Crippen LogP contribution in [0.15, 0.2) is 24.3 Å². The minimum Gasteiger partial charge on any atom is -0.378 e. The Kier molecular flexibility index (Phi) is 5.31. The van der Waals surface area contributed by atoms with Crippen molar-refractivity contribution < 1.29 is 17.9 Å². The van der Waals surface area contributed by atoms with Crippen molar-refractivity contribution in [2.24, 2.45) is 0 Å². The number of hydrogen-bond acceptors (Lipinski definition) is 4. The lowest BCUT2D eigenvalue weighted by Crippen LogP contribution is -2.52. The van der Waals surface area contributed by atoms with Crippen LogP contribution in [-0.4, -0.2) is 57.8 Å². The van der Waals surface area contributed by atoms with Crippen molar-refractivity contribution in [1.29, 1.82) is 0 Å². The van der Waals surface area contributed by atoms with Gasteiger partial charge in [0.05, 0.1) is 25.2 Å². The number of hydrogen-bond donors (Lipinski definition) is 0. The fraction of sp³-hybridized carbons (Fsp3) is 0.500. The molecule has 0 radical (unpaired) electrons. The van der Waals surface area contributed by atoms with Gasteiger partial charge in [0.25, 0.3) is 0 Å². The molecule has 0 aromatic heterocycles. The Bertz CT molecular complexity index is 627. The quantitative estimate of drug-likeness (QED) is 0.825. The molecule has 1 aliphatic heterocycles. The maximum Gasteiger partial charge on any atom is 0.246 e. The number of nitrogens with zero attached hydrogens (tertiary/aromatic N) is 2. The van der Waals surface area contributed by atoms with Crippen molar-refractivity contribution in [3.05, 3.63) is 29.3 Å². The Morgan fingerprint density at radius 1 is 1.27 bits per heavy atom. The van der Waals surface area contributed by atoms with Crippen molar-refractivity contribution in [3.8, 4) is 0 Å². The Morgan fingerprint density at radius 3 is 2.32 bits per heavy atom. The molecule has 1 aromatic rings. The summed E-state index contributed by atoms with van der Waals surface area (Å²) >= 11 is 5.84. The number of carbonyl (C=O) groups is 1. The minimum absolute atomic E-state index is 0.233. The molecule has 0 saturated carbocycles. The van der Waals surface area contributed by atoms with Crippen LogP contribution < -0.4 is 4.31 Å². The maximum absolute atomic E-state index is 12.6. The van der Waals surface area contributed by atoms with Gasteiger partial charge in [0.1, 0.15) is 6.04 Å². The minimum atomic E-state index is -3.60. The standard InChI is InChI=1S/C14H19ClN2O4S/c1-11(14(18)16-7-9-21-10-8-16)17(22(2,19)20)13-5-3-12(15)4-6-13/h3-6,11H,7-10H2,1-2H3/t11-/m1/s1. The van der Waals surface area contributed by atoms with E-state index in [0.717, 1.165) is 10.6 Å². The van der Waals surface area contributed by atoms with Crippen LogP contribution >= 0.6 is 11.6 Å². The molecule has 1 saturated heterocycles. The molecule has 1 fully saturated rings. The summed E-state index contributed by atoms with van der Waals surface area (Å²) in [7, 11) is -3.60. The number of rotatable bonds is 4. The molecular formula is C14H19ClN2O4S. The number of benzene rings is 1. The number of morpholine rings is 1. The second kappa shape index (κ2) is 6.85. The van der Waals surface area contributed by atoms with Gasteiger partial charge < -0.3 is 9.64 Å². The van der Waals surface area contributed by atoms with Crippen LogP contribution in [0.2, 0.25) is 5.02 Å². The van der Waals surface area contributed by atoms with Gasteiger partial charge in [-0.25, -0.2) is 8.42 Å². The fourth-order valence-electron chi connectivity index (χ4n) is 2.44. The van der Waals surface area contributed by atoms with E-state index in [2.05, 4.69) is 0 Å². The topological polar surface area (TPSA) is 66.9 Å². The molecule has 1 amide bonds. The first-order valence-electron chi connectivity index (χ1n) is 6.92. The molecule has 0 aliphatic carbocycles. The van der Waals surface area contributed by atoms with Crippen LogP contribution in [0, 0.1) is 0 Å². The molecule has 22 heavy (non-hydrogen) atoms. The molecule has 0 N–H and O–H groups in total. The van der Waals surface area contributed by atoms with Gasteiger partial charge in [-0.15, -0.1) is 0 Å². The van der Waals surface area contributed by atoms with Crippen LogP contribution in [-0.2, 0) is 19.6 Å². The Balaban J connectivity index is 2.29. The Labute approximate surface area is 135 Å². The van der Waals surface area contributed by atoms with Crippen LogP contribution in [0.5, 0.6) is 0 Å². The number of ether oxygens (including phenoxy) is 1. The van der Waals surface area contributed by atoms with E-state index >= 15 is 0 Å². The molecule has 1 heterocycles. The zero-order valence-electron chi connectivity index (χ0n) is 12.5. The summed E-state index contributed by atoms with van der Waals surface area (Å²) in [4.78, 5) is 14.2. The highest BCUT2D eigenvalue weighted by Gasteiger charge is 2.32. The van der Waals surface area contributed by atoms with E-state index in [4.69, 9.17) is 16.3 Å². The molecule has 122 valence electrons. The molecule has 0 bridgehead atoms. The molecular weight excluding hydrogens is 328 g/mol. The zero-order valence-corrected chi connectivity index (χ0v) is 14.1. The summed E-state index contributed by atoms with van der Waals surface area (Å²) in [5.74, 6) is -0.233. The average Bonchev–Trinajstić information content (AvgIpc) is 2.48. The van der Waals surface area contributed by atoms with Crippen LogP contribution in [0.4, 0.5) is 5.69 Å². The Hall–Kier alpha value is -1.31. The summed E-state index contributed by atoms with van der Waals surface area (Å²) in [5.41, 5.74) is 0.418. The summed E-state index contributed by atoms with van der Waals surface area (Å²) < 4.78 is 30.6. The molecule has 0 spiro atoms. The van der Waals surface area contributed by atoms with Crippen molar-refractivity contribution >= 4 is 33.2 Å². The average molecular weight is 347 g/mol. The summed E-state index contributed by atoms with van der Waals surface area (Å²) in [6, 6.07) is 5.55. The molecule has 8 heteroatoms. The van der Waals surface area contributed by atoms with Crippen LogP contribution in [0.1, 0.15) is 6.92 Å². The van der Waals surface area contributed by atoms with Crippen molar-refractivity contribution in [2.45, 2.75) is 13.0 Å². The molecule has 2 rings (SSSR count). The van der Waals surface area contributed by atoms with Crippen molar-refractivity contribution in [1.82, 2.24) is 4.90 Å². The monoisotopic (exact) mass is 346 g/mol. The predicted molar refractivity (Wildman–Crippen MR) is 85.6 cm³/mol. The van der Waals surface area contributed by atoms with E-state index in [0.29, 0.717) is 37.0 Å². The van der Waals surface area contributed by atoms with Gasteiger partial charge in [-0.3, -0.25) is 9.10 Å².